The first-order valence-electron chi connectivity index (χ1n) is 7.08. The zero-order valence-corrected chi connectivity index (χ0v) is 11.8. The van der Waals surface area contributed by atoms with Crippen LogP contribution < -0.4 is 11.1 Å². The molecule has 1 fully saturated rings. The number of nitrogen functional groups attached to an aromatic ring is 1. The standard InChI is InChI=1S/C15H23N3O/c1-10-5-3-4-6-12(10)8-18-15(19)13-9-17-11(2)7-14(13)16/h7,9-10,12H,3-6,8H2,1-2H3,(H2,16,17)(H,18,19). The van der Waals surface area contributed by atoms with Crippen molar-refractivity contribution in [3.05, 3.63) is 23.5 Å². The first-order chi connectivity index (χ1) is 9.08. The Bertz CT molecular complexity index is 459. The highest BCUT2D eigenvalue weighted by molar-refractivity contribution is 5.98. The van der Waals surface area contributed by atoms with Gasteiger partial charge in [0.25, 0.3) is 5.91 Å². The first-order valence-corrected chi connectivity index (χ1v) is 7.08. The quantitative estimate of drug-likeness (QED) is 0.878. The van der Waals surface area contributed by atoms with Gasteiger partial charge in [-0.3, -0.25) is 9.78 Å². The lowest BCUT2D eigenvalue weighted by molar-refractivity contribution is 0.0937. The van der Waals surface area contributed by atoms with E-state index in [-0.39, 0.29) is 5.91 Å². The molecule has 19 heavy (non-hydrogen) atoms. The average molecular weight is 261 g/mol. The van der Waals surface area contributed by atoms with Crippen molar-refractivity contribution in [3.63, 3.8) is 0 Å². The van der Waals surface area contributed by atoms with Gasteiger partial charge >= 0.3 is 0 Å². The Labute approximate surface area is 114 Å². The van der Waals surface area contributed by atoms with Crippen molar-refractivity contribution in [2.45, 2.75) is 39.5 Å². The van der Waals surface area contributed by atoms with Crippen molar-refractivity contribution < 1.29 is 4.79 Å². The summed E-state index contributed by atoms with van der Waals surface area (Å²) >= 11 is 0. The second-order valence-corrected chi connectivity index (χ2v) is 5.64. The molecule has 1 amide bonds. The Morgan fingerprint density at radius 2 is 2.21 bits per heavy atom. The summed E-state index contributed by atoms with van der Waals surface area (Å²) in [6.07, 6.45) is 6.64. The van der Waals surface area contributed by atoms with Crippen LogP contribution >= 0.6 is 0 Å². The van der Waals surface area contributed by atoms with Crippen molar-refractivity contribution in [2.24, 2.45) is 11.8 Å². The van der Waals surface area contributed by atoms with Gasteiger partial charge in [-0.25, -0.2) is 0 Å². The second-order valence-electron chi connectivity index (χ2n) is 5.64. The van der Waals surface area contributed by atoms with Gasteiger partial charge in [0.2, 0.25) is 0 Å². The summed E-state index contributed by atoms with van der Waals surface area (Å²) in [6, 6.07) is 1.73. The van der Waals surface area contributed by atoms with E-state index in [1.54, 1.807) is 12.3 Å². The molecule has 2 rings (SSSR count). The fourth-order valence-electron chi connectivity index (χ4n) is 2.79. The normalized spacial score (nSPS) is 23.1. The van der Waals surface area contributed by atoms with Crippen LogP contribution in [0.2, 0.25) is 0 Å². The van der Waals surface area contributed by atoms with Crippen LogP contribution in [0, 0.1) is 18.8 Å². The predicted molar refractivity (Wildman–Crippen MR) is 76.8 cm³/mol. The summed E-state index contributed by atoms with van der Waals surface area (Å²) < 4.78 is 0. The summed E-state index contributed by atoms with van der Waals surface area (Å²) in [5.74, 6) is 1.18. The van der Waals surface area contributed by atoms with E-state index in [0.29, 0.717) is 23.1 Å². The number of aromatic nitrogens is 1. The van der Waals surface area contributed by atoms with E-state index in [2.05, 4.69) is 17.2 Å². The van der Waals surface area contributed by atoms with Crippen LogP contribution in [0.1, 0.15) is 48.7 Å². The van der Waals surface area contributed by atoms with Gasteiger partial charge in [-0.05, 0) is 31.2 Å². The molecule has 1 heterocycles. The Morgan fingerprint density at radius 1 is 1.47 bits per heavy atom. The third-order valence-electron chi connectivity index (χ3n) is 4.13. The van der Waals surface area contributed by atoms with E-state index < -0.39 is 0 Å². The zero-order chi connectivity index (χ0) is 13.8. The number of carbonyl (C=O) groups is 1. The fraction of sp³-hybridized carbons (Fsp3) is 0.600. The maximum absolute atomic E-state index is 12.1. The molecule has 1 saturated carbocycles. The second kappa shape index (κ2) is 6.04. The van der Waals surface area contributed by atoms with Crippen LogP contribution in [0.15, 0.2) is 12.3 Å². The molecule has 0 bridgehead atoms. The summed E-state index contributed by atoms with van der Waals surface area (Å²) in [7, 11) is 0. The van der Waals surface area contributed by atoms with Gasteiger partial charge in [-0.2, -0.15) is 0 Å². The Kier molecular flexibility index (Phi) is 4.40. The van der Waals surface area contributed by atoms with Crippen LogP contribution in [-0.2, 0) is 0 Å². The number of carbonyl (C=O) groups excluding carboxylic acids is 1. The third-order valence-corrected chi connectivity index (χ3v) is 4.13. The number of hydrogen-bond donors (Lipinski definition) is 2. The minimum atomic E-state index is -0.109. The predicted octanol–water partition coefficient (Wildman–Crippen LogP) is 2.53. The lowest BCUT2D eigenvalue weighted by Gasteiger charge is -2.28. The van der Waals surface area contributed by atoms with Crippen LogP contribution in [0.25, 0.3) is 0 Å². The van der Waals surface area contributed by atoms with E-state index in [0.717, 1.165) is 12.2 Å². The van der Waals surface area contributed by atoms with Crippen LogP contribution in [0.5, 0.6) is 0 Å². The molecule has 2 atom stereocenters. The summed E-state index contributed by atoms with van der Waals surface area (Å²) in [5.41, 5.74) is 7.67. The monoisotopic (exact) mass is 261 g/mol. The highest BCUT2D eigenvalue weighted by Gasteiger charge is 2.22. The minimum Gasteiger partial charge on any atom is -0.398 e. The van der Waals surface area contributed by atoms with Gasteiger partial charge in [0, 0.05) is 24.1 Å². The van der Waals surface area contributed by atoms with Gasteiger partial charge in [0.05, 0.1) is 5.56 Å². The van der Waals surface area contributed by atoms with Gasteiger partial charge in [0.15, 0.2) is 0 Å². The molecular weight excluding hydrogens is 238 g/mol. The van der Waals surface area contributed by atoms with Crippen molar-refractivity contribution in [2.75, 3.05) is 12.3 Å². The van der Waals surface area contributed by atoms with E-state index in [4.69, 9.17) is 5.73 Å². The first kappa shape index (κ1) is 13.8. The van der Waals surface area contributed by atoms with E-state index in [1.165, 1.54) is 25.7 Å². The van der Waals surface area contributed by atoms with E-state index in [9.17, 15) is 4.79 Å². The molecule has 1 aromatic heterocycles. The summed E-state index contributed by atoms with van der Waals surface area (Å²) in [4.78, 5) is 16.2. The maximum Gasteiger partial charge on any atom is 0.254 e. The largest absolute Gasteiger partial charge is 0.398 e. The topological polar surface area (TPSA) is 68.0 Å². The third kappa shape index (κ3) is 3.46. The molecule has 1 aromatic rings. The molecule has 1 aliphatic carbocycles. The number of nitrogens with two attached hydrogens (primary N) is 1. The van der Waals surface area contributed by atoms with Crippen LogP contribution in [0.4, 0.5) is 5.69 Å². The zero-order valence-electron chi connectivity index (χ0n) is 11.8. The molecule has 104 valence electrons. The SMILES string of the molecule is Cc1cc(N)c(C(=O)NCC2CCCCC2C)cn1. The number of pyridine rings is 1. The lowest BCUT2D eigenvalue weighted by atomic mass is 9.80. The maximum atomic E-state index is 12.1. The van der Waals surface area contributed by atoms with Gasteiger partial charge in [0.1, 0.15) is 0 Å². The molecule has 0 spiro atoms. The number of rotatable bonds is 3. The molecule has 0 aliphatic heterocycles. The fourth-order valence-corrected chi connectivity index (χ4v) is 2.79. The van der Waals surface area contributed by atoms with Crippen molar-refractivity contribution >= 4 is 11.6 Å². The number of hydrogen-bond acceptors (Lipinski definition) is 3. The molecule has 3 N–H and O–H groups in total. The summed E-state index contributed by atoms with van der Waals surface area (Å²) in [5, 5.41) is 3.00. The highest BCUT2D eigenvalue weighted by Crippen LogP contribution is 2.28. The Morgan fingerprint density at radius 3 is 2.89 bits per heavy atom. The number of aryl methyl sites for hydroxylation is 1. The van der Waals surface area contributed by atoms with E-state index in [1.807, 2.05) is 6.92 Å². The minimum absolute atomic E-state index is 0.109. The van der Waals surface area contributed by atoms with Crippen molar-refractivity contribution in [1.82, 2.24) is 10.3 Å². The summed E-state index contributed by atoms with van der Waals surface area (Å²) in [6.45, 7) is 4.88. The molecule has 1 aliphatic rings. The van der Waals surface area contributed by atoms with Gasteiger partial charge < -0.3 is 11.1 Å². The Balaban J connectivity index is 1.93. The smallest absolute Gasteiger partial charge is 0.254 e. The highest BCUT2D eigenvalue weighted by atomic mass is 16.1. The molecule has 4 nitrogen and oxygen atoms in total. The lowest BCUT2D eigenvalue weighted by Crippen LogP contribution is -2.33. The number of nitrogens with one attached hydrogen (secondary N) is 1. The molecular formula is C15H23N3O. The average Bonchev–Trinajstić information content (AvgIpc) is 2.37. The molecule has 4 heteroatoms. The van der Waals surface area contributed by atoms with E-state index >= 15 is 0 Å². The Hall–Kier alpha value is -1.58. The van der Waals surface area contributed by atoms with Gasteiger partial charge in [-0.15, -0.1) is 0 Å². The molecule has 2 unspecified atom stereocenters. The number of anilines is 1. The molecule has 0 saturated heterocycles. The molecule has 0 aromatic carbocycles. The number of amides is 1. The van der Waals surface area contributed by atoms with Crippen LogP contribution in [-0.4, -0.2) is 17.4 Å². The van der Waals surface area contributed by atoms with Gasteiger partial charge in [-0.1, -0.05) is 26.2 Å². The molecule has 0 radical (unpaired) electrons. The number of nitrogens with zero attached hydrogens (tertiary/aromatic N) is 1. The van der Waals surface area contributed by atoms with Crippen molar-refractivity contribution in [1.29, 1.82) is 0 Å². The van der Waals surface area contributed by atoms with Crippen LogP contribution in [0.3, 0.4) is 0 Å². The van der Waals surface area contributed by atoms with Crippen molar-refractivity contribution in [3.8, 4) is 0 Å².